The smallest absolute Gasteiger partial charge is 0.265 e. The third kappa shape index (κ3) is 3.46. The highest BCUT2D eigenvalue weighted by Crippen LogP contribution is 2.28. The van der Waals surface area contributed by atoms with E-state index in [-0.39, 0.29) is 11.4 Å². The van der Waals surface area contributed by atoms with Gasteiger partial charge in [-0.05, 0) is 25.8 Å². The minimum atomic E-state index is -0.324. The van der Waals surface area contributed by atoms with Crippen molar-refractivity contribution in [2.45, 2.75) is 39.2 Å². The van der Waals surface area contributed by atoms with Crippen molar-refractivity contribution in [3.05, 3.63) is 15.8 Å². The van der Waals surface area contributed by atoms with Crippen molar-refractivity contribution in [3.63, 3.8) is 0 Å². The van der Waals surface area contributed by atoms with Gasteiger partial charge in [-0.3, -0.25) is 4.79 Å². The van der Waals surface area contributed by atoms with Gasteiger partial charge in [0, 0.05) is 17.0 Å². The van der Waals surface area contributed by atoms with Crippen molar-refractivity contribution in [1.82, 2.24) is 5.32 Å². The summed E-state index contributed by atoms with van der Waals surface area (Å²) in [7, 11) is 1.57. The normalized spacial score (nSPS) is 11.4. The number of carbonyl (C=O) groups excluding carboxylic acids is 1. The highest BCUT2D eigenvalue weighted by atomic mass is 32.1. The number of hydrogen-bond acceptors (Lipinski definition) is 4. The molecule has 0 saturated carbocycles. The second-order valence-electron chi connectivity index (χ2n) is 4.51. The summed E-state index contributed by atoms with van der Waals surface area (Å²) < 4.78 is 5.19. The molecule has 1 rings (SSSR count). The average molecular weight is 270 g/mol. The highest BCUT2D eigenvalue weighted by molar-refractivity contribution is 7.14. The number of nitrogens with one attached hydrogen (secondary N) is 1. The third-order valence-electron chi connectivity index (χ3n) is 3.26. The van der Waals surface area contributed by atoms with Gasteiger partial charge in [0.05, 0.1) is 7.11 Å². The topological polar surface area (TPSA) is 64.3 Å². The van der Waals surface area contributed by atoms with Crippen molar-refractivity contribution in [2.24, 2.45) is 5.73 Å². The Balaban J connectivity index is 2.71. The van der Waals surface area contributed by atoms with Crippen molar-refractivity contribution >= 4 is 17.2 Å². The molecule has 0 aliphatic carbocycles. The SMILES string of the molecule is CCC(N)(CC)CNC(=O)c1sc(C)cc1OC. The maximum Gasteiger partial charge on any atom is 0.265 e. The molecule has 0 aliphatic heterocycles. The molecule has 1 amide bonds. The van der Waals surface area contributed by atoms with Crippen LogP contribution in [0.25, 0.3) is 0 Å². The Kier molecular flexibility index (Phi) is 5.16. The highest BCUT2D eigenvalue weighted by Gasteiger charge is 2.23. The van der Waals surface area contributed by atoms with Crippen LogP contribution in [-0.2, 0) is 0 Å². The molecule has 0 atom stereocenters. The Morgan fingerprint density at radius 1 is 1.50 bits per heavy atom. The lowest BCUT2D eigenvalue weighted by atomic mass is 9.94. The van der Waals surface area contributed by atoms with Gasteiger partial charge in [-0.1, -0.05) is 13.8 Å². The molecule has 0 aromatic carbocycles. The van der Waals surface area contributed by atoms with Gasteiger partial charge in [-0.25, -0.2) is 0 Å². The Hall–Kier alpha value is -1.07. The zero-order chi connectivity index (χ0) is 13.8. The van der Waals surface area contributed by atoms with E-state index in [2.05, 4.69) is 5.32 Å². The number of aryl methyl sites for hydroxylation is 1. The van der Waals surface area contributed by atoms with Crippen LogP contribution in [0.5, 0.6) is 5.75 Å². The van der Waals surface area contributed by atoms with Crippen molar-refractivity contribution < 1.29 is 9.53 Å². The summed E-state index contributed by atoms with van der Waals surface area (Å²) in [5.74, 6) is 0.521. The van der Waals surface area contributed by atoms with E-state index < -0.39 is 0 Å². The molecule has 1 aromatic rings. The predicted octanol–water partition coefficient (Wildman–Crippen LogP) is 2.31. The second kappa shape index (κ2) is 6.20. The molecule has 5 heteroatoms. The maximum atomic E-state index is 12.1. The lowest BCUT2D eigenvalue weighted by molar-refractivity contribution is 0.0943. The largest absolute Gasteiger partial charge is 0.495 e. The van der Waals surface area contributed by atoms with Gasteiger partial charge in [0.15, 0.2) is 0 Å². The first-order valence-corrected chi connectivity index (χ1v) is 6.99. The lowest BCUT2D eigenvalue weighted by Crippen LogP contribution is -2.49. The first-order valence-electron chi connectivity index (χ1n) is 6.17. The number of nitrogens with two attached hydrogens (primary N) is 1. The van der Waals surface area contributed by atoms with Crippen LogP contribution in [0.4, 0.5) is 0 Å². The van der Waals surface area contributed by atoms with Crippen LogP contribution in [-0.4, -0.2) is 25.1 Å². The van der Waals surface area contributed by atoms with Gasteiger partial charge in [-0.2, -0.15) is 0 Å². The minimum Gasteiger partial charge on any atom is -0.495 e. The van der Waals surface area contributed by atoms with Crippen LogP contribution < -0.4 is 15.8 Å². The van der Waals surface area contributed by atoms with Crippen molar-refractivity contribution in [1.29, 1.82) is 0 Å². The fourth-order valence-electron chi connectivity index (χ4n) is 1.64. The third-order valence-corrected chi connectivity index (χ3v) is 4.29. The van der Waals surface area contributed by atoms with Crippen LogP contribution in [0.3, 0.4) is 0 Å². The van der Waals surface area contributed by atoms with Crippen molar-refractivity contribution in [2.75, 3.05) is 13.7 Å². The number of amides is 1. The zero-order valence-electron chi connectivity index (χ0n) is 11.5. The lowest BCUT2D eigenvalue weighted by Gasteiger charge is -2.26. The molecule has 102 valence electrons. The van der Waals surface area contributed by atoms with E-state index >= 15 is 0 Å². The summed E-state index contributed by atoms with van der Waals surface area (Å²) in [5.41, 5.74) is 5.83. The van der Waals surface area contributed by atoms with Gasteiger partial charge in [0.25, 0.3) is 5.91 Å². The summed E-state index contributed by atoms with van der Waals surface area (Å²) >= 11 is 1.43. The molecule has 0 spiro atoms. The minimum absolute atomic E-state index is 0.110. The van der Waals surface area contributed by atoms with Crippen molar-refractivity contribution in [3.8, 4) is 5.75 Å². The van der Waals surface area contributed by atoms with E-state index in [1.165, 1.54) is 11.3 Å². The molecular formula is C13H22N2O2S. The molecular weight excluding hydrogens is 248 g/mol. The Morgan fingerprint density at radius 2 is 2.11 bits per heavy atom. The van der Waals surface area contributed by atoms with Gasteiger partial charge >= 0.3 is 0 Å². The molecule has 0 saturated heterocycles. The fourth-order valence-corrected chi connectivity index (χ4v) is 2.53. The van der Waals surface area contributed by atoms with E-state index in [9.17, 15) is 4.79 Å². The number of rotatable bonds is 6. The molecule has 0 unspecified atom stereocenters. The van der Waals surface area contributed by atoms with Crippen LogP contribution in [0.15, 0.2) is 6.07 Å². The molecule has 0 fully saturated rings. The van der Waals surface area contributed by atoms with E-state index in [4.69, 9.17) is 10.5 Å². The van der Waals surface area contributed by atoms with Crippen LogP contribution in [0.2, 0.25) is 0 Å². The molecule has 0 radical (unpaired) electrons. The summed E-state index contributed by atoms with van der Waals surface area (Å²) in [6.07, 6.45) is 1.68. The maximum absolute atomic E-state index is 12.1. The summed E-state index contributed by atoms with van der Waals surface area (Å²) in [4.78, 5) is 13.8. The number of carbonyl (C=O) groups is 1. The Bertz CT molecular complexity index is 411. The van der Waals surface area contributed by atoms with E-state index in [1.807, 2.05) is 26.8 Å². The molecule has 1 aromatic heterocycles. The number of thiophene rings is 1. The van der Waals surface area contributed by atoms with Gasteiger partial charge in [0.1, 0.15) is 10.6 Å². The van der Waals surface area contributed by atoms with E-state index in [0.29, 0.717) is 17.2 Å². The second-order valence-corrected chi connectivity index (χ2v) is 5.76. The first-order chi connectivity index (χ1) is 8.45. The first kappa shape index (κ1) is 15.0. The van der Waals surface area contributed by atoms with Gasteiger partial charge < -0.3 is 15.8 Å². The summed E-state index contributed by atoms with van der Waals surface area (Å²) in [6, 6.07) is 1.87. The van der Waals surface area contributed by atoms with E-state index in [0.717, 1.165) is 17.7 Å². The Labute approximate surface area is 113 Å². The molecule has 18 heavy (non-hydrogen) atoms. The van der Waals surface area contributed by atoms with E-state index in [1.54, 1.807) is 7.11 Å². The number of hydrogen-bond donors (Lipinski definition) is 2. The average Bonchev–Trinajstić information content (AvgIpc) is 2.76. The molecule has 0 aliphatic rings. The van der Waals surface area contributed by atoms with Crippen LogP contribution in [0.1, 0.15) is 41.2 Å². The zero-order valence-corrected chi connectivity index (χ0v) is 12.3. The Morgan fingerprint density at radius 3 is 2.61 bits per heavy atom. The number of ether oxygens (including phenoxy) is 1. The standard InChI is InChI=1S/C13H22N2O2S/c1-5-13(14,6-2)8-15-12(16)11-10(17-4)7-9(3)18-11/h7H,5-6,8,14H2,1-4H3,(H,15,16). The van der Waals surface area contributed by atoms with Crippen LogP contribution in [0, 0.1) is 6.92 Å². The number of methoxy groups -OCH3 is 1. The van der Waals surface area contributed by atoms with Gasteiger partial charge in [0.2, 0.25) is 0 Å². The summed E-state index contributed by atoms with van der Waals surface area (Å²) in [6.45, 7) is 6.51. The van der Waals surface area contributed by atoms with Crippen LogP contribution >= 0.6 is 11.3 Å². The molecule has 4 nitrogen and oxygen atoms in total. The predicted molar refractivity (Wildman–Crippen MR) is 75.4 cm³/mol. The molecule has 1 heterocycles. The quantitative estimate of drug-likeness (QED) is 0.833. The monoisotopic (exact) mass is 270 g/mol. The van der Waals surface area contributed by atoms with Gasteiger partial charge in [-0.15, -0.1) is 11.3 Å². The fraction of sp³-hybridized carbons (Fsp3) is 0.615. The summed E-state index contributed by atoms with van der Waals surface area (Å²) in [5, 5.41) is 2.90. The molecule has 0 bridgehead atoms. The molecule has 3 N–H and O–H groups in total.